The number of aromatic nitrogens is 2. The third-order valence-corrected chi connectivity index (χ3v) is 2.87. The average molecular weight is 299 g/mol. The Kier molecular flexibility index (Phi) is 3.52. The molecule has 2 rings (SSSR count). The van der Waals surface area contributed by atoms with Crippen LogP contribution in [0.3, 0.4) is 0 Å². The van der Waals surface area contributed by atoms with Gasteiger partial charge < -0.3 is 4.74 Å². The second kappa shape index (κ2) is 4.86. The maximum Gasteiger partial charge on any atom is 0.435 e. The molecule has 0 unspecified atom stereocenters. The molecule has 0 aliphatic carbocycles. The molecule has 0 atom stereocenters. The topological polar surface area (TPSA) is 61.2 Å². The van der Waals surface area contributed by atoms with Gasteiger partial charge in [-0.25, -0.2) is 9.18 Å². The first-order chi connectivity index (χ1) is 9.24. The molecule has 0 amide bonds. The molecule has 0 fully saturated rings. The summed E-state index contributed by atoms with van der Waals surface area (Å²) in [4.78, 5) is 23.0. The zero-order valence-corrected chi connectivity index (χ0v) is 11.9. The highest BCUT2D eigenvalue weighted by molar-refractivity contribution is 6.34. The number of carbonyl (C=O) groups excluding carboxylic acids is 2. The Balaban J connectivity index is 2.61. The van der Waals surface area contributed by atoms with E-state index in [-0.39, 0.29) is 21.5 Å². The lowest BCUT2D eigenvalue weighted by Crippen LogP contribution is -2.27. The summed E-state index contributed by atoms with van der Waals surface area (Å²) >= 11 is 5.71. The maximum absolute atomic E-state index is 13.7. The zero-order valence-electron chi connectivity index (χ0n) is 11.1. The van der Waals surface area contributed by atoms with Crippen LogP contribution in [0.1, 0.15) is 31.1 Å². The molecular weight excluding hydrogens is 287 g/mol. The van der Waals surface area contributed by atoms with Crippen molar-refractivity contribution in [3.63, 3.8) is 0 Å². The van der Waals surface area contributed by atoms with E-state index < -0.39 is 17.5 Å². The lowest BCUT2D eigenvalue weighted by Gasteiger charge is -2.19. The Hall–Kier alpha value is -1.95. The molecule has 0 bridgehead atoms. The van der Waals surface area contributed by atoms with Gasteiger partial charge in [-0.3, -0.25) is 4.79 Å². The predicted molar refractivity (Wildman–Crippen MR) is 71.7 cm³/mol. The number of hydrogen-bond acceptors (Lipinski definition) is 4. The smallest absolute Gasteiger partial charge is 0.435 e. The van der Waals surface area contributed by atoms with Gasteiger partial charge in [0.05, 0.1) is 16.7 Å². The van der Waals surface area contributed by atoms with E-state index in [0.29, 0.717) is 6.29 Å². The fourth-order valence-electron chi connectivity index (χ4n) is 1.70. The summed E-state index contributed by atoms with van der Waals surface area (Å²) in [6.45, 7) is 5.10. The zero-order chi connectivity index (χ0) is 15.1. The Bertz CT molecular complexity index is 704. The molecule has 7 heteroatoms. The maximum atomic E-state index is 13.7. The third-order valence-electron chi connectivity index (χ3n) is 2.49. The summed E-state index contributed by atoms with van der Waals surface area (Å²) in [6, 6.07) is 1.04. The van der Waals surface area contributed by atoms with Gasteiger partial charge in [-0.2, -0.15) is 9.78 Å². The first-order valence-electron chi connectivity index (χ1n) is 5.79. The van der Waals surface area contributed by atoms with Crippen LogP contribution in [0.4, 0.5) is 9.18 Å². The van der Waals surface area contributed by atoms with Crippen LogP contribution < -0.4 is 0 Å². The number of rotatable bonds is 1. The van der Waals surface area contributed by atoms with Crippen LogP contribution in [-0.2, 0) is 4.74 Å². The Morgan fingerprint density at radius 1 is 1.50 bits per heavy atom. The highest BCUT2D eigenvalue weighted by atomic mass is 35.5. The Morgan fingerprint density at radius 3 is 2.70 bits per heavy atom. The van der Waals surface area contributed by atoms with Gasteiger partial charge in [-0.1, -0.05) is 11.6 Å². The standard InChI is InChI=1S/C13H12ClFN2O3/c1-13(2,3)20-12(19)17-10-4-9(15)11(14)8(6-18)7(10)5-16-17/h4-6H,1-3H3. The number of hydrogen-bond donors (Lipinski definition) is 0. The minimum atomic E-state index is -0.799. The highest BCUT2D eigenvalue weighted by Gasteiger charge is 2.22. The van der Waals surface area contributed by atoms with Crippen LogP contribution in [0.25, 0.3) is 10.9 Å². The SMILES string of the molecule is CC(C)(C)OC(=O)n1ncc2c(C=O)c(Cl)c(F)cc21. The summed E-state index contributed by atoms with van der Waals surface area (Å²) < 4.78 is 19.7. The van der Waals surface area contributed by atoms with E-state index in [2.05, 4.69) is 5.10 Å². The molecular formula is C13H12ClFN2O3. The van der Waals surface area contributed by atoms with Crippen molar-refractivity contribution in [2.24, 2.45) is 0 Å². The molecule has 20 heavy (non-hydrogen) atoms. The number of halogens is 2. The van der Waals surface area contributed by atoms with Crippen molar-refractivity contribution in [1.82, 2.24) is 9.78 Å². The van der Waals surface area contributed by atoms with Crippen LogP contribution in [0, 0.1) is 5.82 Å². The third kappa shape index (κ3) is 2.51. The van der Waals surface area contributed by atoms with Gasteiger partial charge in [0, 0.05) is 17.0 Å². The van der Waals surface area contributed by atoms with Crippen molar-refractivity contribution in [2.45, 2.75) is 26.4 Å². The summed E-state index contributed by atoms with van der Waals surface area (Å²) in [5.41, 5.74) is -0.631. The summed E-state index contributed by atoms with van der Waals surface area (Å²) in [6.07, 6.45) is 0.939. The number of nitrogens with zero attached hydrogens (tertiary/aromatic N) is 2. The monoisotopic (exact) mass is 298 g/mol. The van der Waals surface area contributed by atoms with E-state index in [1.54, 1.807) is 20.8 Å². The normalized spacial score (nSPS) is 11.7. The van der Waals surface area contributed by atoms with Gasteiger partial charge >= 0.3 is 6.09 Å². The number of benzene rings is 1. The first kappa shape index (κ1) is 14.5. The molecule has 1 aromatic heterocycles. The van der Waals surface area contributed by atoms with Crippen molar-refractivity contribution in [3.05, 3.63) is 28.7 Å². The van der Waals surface area contributed by atoms with Crippen molar-refractivity contribution in [1.29, 1.82) is 0 Å². The lowest BCUT2D eigenvalue weighted by atomic mass is 10.1. The van der Waals surface area contributed by atoms with E-state index in [1.807, 2.05) is 0 Å². The predicted octanol–water partition coefficient (Wildman–Crippen LogP) is 3.42. The molecule has 0 aliphatic heterocycles. The molecule has 106 valence electrons. The molecule has 0 saturated heterocycles. The second-order valence-electron chi connectivity index (χ2n) is 5.17. The van der Waals surface area contributed by atoms with Gasteiger partial charge in [0.15, 0.2) is 6.29 Å². The fraction of sp³-hybridized carbons (Fsp3) is 0.308. The van der Waals surface area contributed by atoms with Crippen LogP contribution in [0.5, 0.6) is 0 Å². The van der Waals surface area contributed by atoms with Crippen molar-refractivity contribution in [3.8, 4) is 0 Å². The summed E-state index contributed by atoms with van der Waals surface area (Å²) in [5.74, 6) is -0.799. The summed E-state index contributed by atoms with van der Waals surface area (Å²) in [7, 11) is 0. The number of ether oxygens (including phenoxy) is 1. The van der Waals surface area contributed by atoms with Gasteiger partial charge in [-0.05, 0) is 20.8 Å². The van der Waals surface area contributed by atoms with E-state index in [0.717, 1.165) is 10.7 Å². The summed E-state index contributed by atoms with van der Waals surface area (Å²) in [5, 5.41) is 3.82. The fourth-order valence-corrected chi connectivity index (χ4v) is 1.90. The van der Waals surface area contributed by atoms with Crippen LogP contribution in [0.2, 0.25) is 5.02 Å². The van der Waals surface area contributed by atoms with Crippen LogP contribution >= 0.6 is 11.6 Å². The van der Waals surface area contributed by atoms with E-state index in [4.69, 9.17) is 16.3 Å². The van der Waals surface area contributed by atoms with Crippen molar-refractivity contribution in [2.75, 3.05) is 0 Å². The van der Waals surface area contributed by atoms with E-state index in [9.17, 15) is 14.0 Å². The van der Waals surface area contributed by atoms with E-state index in [1.165, 1.54) is 6.20 Å². The lowest BCUT2D eigenvalue weighted by molar-refractivity contribution is 0.0522. The quantitative estimate of drug-likeness (QED) is 0.757. The van der Waals surface area contributed by atoms with Gasteiger partial charge in [-0.15, -0.1) is 0 Å². The van der Waals surface area contributed by atoms with Crippen molar-refractivity contribution < 1.29 is 18.7 Å². The molecule has 0 radical (unpaired) electrons. The molecule has 2 aromatic rings. The Morgan fingerprint density at radius 2 is 2.15 bits per heavy atom. The average Bonchev–Trinajstić information content (AvgIpc) is 2.71. The van der Waals surface area contributed by atoms with Gasteiger partial charge in [0.1, 0.15) is 11.4 Å². The van der Waals surface area contributed by atoms with Gasteiger partial charge in [0.2, 0.25) is 0 Å². The highest BCUT2D eigenvalue weighted by Crippen LogP contribution is 2.28. The number of fused-ring (bicyclic) bond motifs is 1. The largest absolute Gasteiger partial charge is 0.442 e. The molecule has 0 spiro atoms. The molecule has 5 nitrogen and oxygen atoms in total. The minimum Gasteiger partial charge on any atom is -0.442 e. The van der Waals surface area contributed by atoms with Crippen molar-refractivity contribution >= 4 is 34.9 Å². The van der Waals surface area contributed by atoms with Crippen LogP contribution in [0.15, 0.2) is 12.3 Å². The number of aldehydes is 1. The second-order valence-corrected chi connectivity index (χ2v) is 5.55. The molecule has 0 saturated carbocycles. The Labute approximate surface area is 119 Å². The molecule has 1 heterocycles. The van der Waals surface area contributed by atoms with Crippen LogP contribution in [-0.4, -0.2) is 27.8 Å². The van der Waals surface area contributed by atoms with Gasteiger partial charge in [0.25, 0.3) is 0 Å². The molecule has 0 aliphatic rings. The first-order valence-corrected chi connectivity index (χ1v) is 6.16. The number of carbonyl (C=O) groups is 2. The molecule has 0 N–H and O–H groups in total. The van der Waals surface area contributed by atoms with E-state index >= 15 is 0 Å². The molecule has 1 aromatic carbocycles. The minimum absolute atomic E-state index is 0.0449.